The highest BCUT2D eigenvalue weighted by atomic mass is 32.2. The molecule has 0 aromatic heterocycles. The van der Waals surface area contributed by atoms with E-state index in [1.54, 1.807) is 16.7 Å². The summed E-state index contributed by atoms with van der Waals surface area (Å²) in [6.07, 6.45) is -0.312. The number of benzene rings is 1. The summed E-state index contributed by atoms with van der Waals surface area (Å²) < 4.78 is 5.21. The van der Waals surface area contributed by atoms with Crippen molar-refractivity contribution in [3.05, 3.63) is 29.8 Å². The molecule has 0 saturated carbocycles. The summed E-state index contributed by atoms with van der Waals surface area (Å²) in [7, 11) is 0. The second kappa shape index (κ2) is 7.39. The Kier molecular flexibility index (Phi) is 5.74. The van der Waals surface area contributed by atoms with Crippen LogP contribution in [-0.4, -0.2) is 35.1 Å². The molecule has 1 aromatic carbocycles. The second-order valence-electron chi connectivity index (χ2n) is 6.85. The van der Waals surface area contributed by atoms with Gasteiger partial charge in [-0.25, -0.2) is 9.79 Å². The number of carbonyl (C=O) groups excluding carboxylic acids is 1. The van der Waals surface area contributed by atoms with E-state index in [2.05, 4.69) is 33.8 Å². The normalized spacial score (nSPS) is 19.2. The molecule has 0 radical (unpaired) electrons. The molecule has 23 heavy (non-hydrogen) atoms. The summed E-state index contributed by atoms with van der Waals surface area (Å²) in [6.45, 7) is 11.4. The van der Waals surface area contributed by atoms with Crippen LogP contribution in [0.2, 0.25) is 0 Å². The van der Waals surface area contributed by atoms with Gasteiger partial charge in [0, 0.05) is 12.3 Å². The molecule has 0 bridgehead atoms. The lowest BCUT2D eigenvalue weighted by Gasteiger charge is -2.37. The van der Waals surface area contributed by atoms with Crippen LogP contribution in [0.3, 0.4) is 0 Å². The topological polar surface area (TPSA) is 41.9 Å². The first-order chi connectivity index (χ1) is 10.8. The van der Waals surface area contributed by atoms with E-state index in [1.165, 1.54) is 5.56 Å². The first-order valence-corrected chi connectivity index (χ1v) is 9.07. The maximum Gasteiger partial charge on any atom is 0.415 e. The first kappa shape index (κ1) is 17.9. The number of para-hydroxylation sites is 1. The van der Waals surface area contributed by atoms with Gasteiger partial charge in [0.1, 0.15) is 0 Å². The van der Waals surface area contributed by atoms with E-state index < -0.39 is 0 Å². The molecule has 1 aliphatic heterocycles. The summed E-state index contributed by atoms with van der Waals surface area (Å²) in [6, 6.07) is 8.11. The van der Waals surface area contributed by atoms with Crippen LogP contribution >= 0.6 is 11.8 Å². The lowest BCUT2D eigenvalue weighted by atomic mass is 9.96. The number of hydrogen-bond donors (Lipinski definition) is 0. The van der Waals surface area contributed by atoms with E-state index in [0.717, 1.165) is 16.6 Å². The number of nitrogens with zero attached hydrogens (tertiary/aromatic N) is 2. The van der Waals surface area contributed by atoms with Crippen molar-refractivity contribution in [2.24, 2.45) is 10.4 Å². The molecule has 2 rings (SSSR count). The van der Waals surface area contributed by atoms with Gasteiger partial charge in [0.05, 0.1) is 12.3 Å². The molecule has 0 N–H and O–H groups in total. The molecular formula is C18H26N2O2S. The Bertz CT molecular complexity index is 596. The molecule has 0 unspecified atom stereocenters. The molecule has 1 amide bonds. The van der Waals surface area contributed by atoms with Crippen molar-refractivity contribution < 1.29 is 9.53 Å². The number of carbonyl (C=O) groups is 1. The average molecular weight is 334 g/mol. The molecule has 1 fully saturated rings. The number of ether oxygens (including phenoxy) is 1. The van der Waals surface area contributed by atoms with Crippen LogP contribution in [0, 0.1) is 5.41 Å². The second-order valence-corrected chi connectivity index (χ2v) is 7.79. The van der Waals surface area contributed by atoms with Gasteiger partial charge in [-0.1, -0.05) is 57.7 Å². The van der Waals surface area contributed by atoms with Gasteiger partial charge in [-0.15, -0.1) is 0 Å². The van der Waals surface area contributed by atoms with Crippen LogP contribution in [-0.2, 0) is 4.74 Å². The standard InChI is InChI=1S/C18H26N2O2S/c1-6-22-17(21)20-11-18(4,5)12-23-16(20)19-15-10-8-7-9-14(15)13(2)3/h7-10,13H,6,11-12H2,1-5H3/b19-16-. The highest BCUT2D eigenvalue weighted by molar-refractivity contribution is 8.13. The van der Waals surface area contributed by atoms with Crippen molar-refractivity contribution >= 4 is 28.7 Å². The van der Waals surface area contributed by atoms with Gasteiger partial charge >= 0.3 is 6.09 Å². The predicted octanol–water partition coefficient (Wildman–Crippen LogP) is 5.03. The van der Waals surface area contributed by atoms with E-state index in [4.69, 9.17) is 9.73 Å². The third-order valence-corrected chi connectivity index (χ3v) is 5.17. The largest absolute Gasteiger partial charge is 0.449 e. The zero-order valence-electron chi connectivity index (χ0n) is 14.6. The lowest BCUT2D eigenvalue weighted by molar-refractivity contribution is 0.119. The number of amides is 1. The summed E-state index contributed by atoms with van der Waals surface area (Å²) in [5.74, 6) is 1.32. The molecule has 1 aliphatic rings. The maximum atomic E-state index is 12.3. The van der Waals surface area contributed by atoms with E-state index in [-0.39, 0.29) is 11.5 Å². The van der Waals surface area contributed by atoms with Crippen LogP contribution in [0.4, 0.5) is 10.5 Å². The molecular weight excluding hydrogens is 308 g/mol. The van der Waals surface area contributed by atoms with E-state index in [0.29, 0.717) is 19.1 Å². The fourth-order valence-electron chi connectivity index (χ4n) is 2.50. The summed E-state index contributed by atoms with van der Waals surface area (Å²) >= 11 is 1.62. The van der Waals surface area contributed by atoms with Crippen LogP contribution in [0.25, 0.3) is 0 Å². The maximum absolute atomic E-state index is 12.3. The predicted molar refractivity (Wildman–Crippen MR) is 97.6 cm³/mol. The SMILES string of the molecule is CCOC(=O)N1CC(C)(C)CS/C1=N\c1ccccc1C(C)C. The summed E-state index contributed by atoms with van der Waals surface area (Å²) in [5, 5.41) is 0.732. The van der Waals surface area contributed by atoms with Crippen molar-refractivity contribution in [1.29, 1.82) is 0 Å². The fourth-order valence-corrected chi connectivity index (χ4v) is 3.57. The molecule has 1 saturated heterocycles. The number of hydrogen-bond acceptors (Lipinski definition) is 4. The Morgan fingerprint density at radius 3 is 2.74 bits per heavy atom. The quantitative estimate of drug-likeness (QED) is 0.778. The van der Waals surface area contributed by atoms with Crippen LogP contribution < -0.4 is 0 Å². The molecule has 0 aliphatic carbocycles. The number of aliphatic imine (C=N–C) groups is 1. The number of thioether (sulfide) groups is 1. The molecule has 1 heterocycles. The third kappa shape index (κ3) is 4.50. The highest BCUT2D eigenvalue weighted by Crippen LogP contribution is 2.34. The molecule has 4 nitrogen and oxygen atoms in total. The van der Waals surface area contributed by atoms with Gasteiger partial charge in [-0.2, -0.15) is 0 Å². The minimum absolute atomic E-state index is 0.0496. The average Bonchev–Trinajstić information content (AvgIpc) is 2.49. The minimum atomic E-state index is -0.312. The molecule has 126 valence electrons. The summed E-state index contributed by atoms with van der Waals surface area (Å²) in [4.78, 5) is 18.8. The zero-order chi connectivity index (χ0) is 17.0. The monoisotopic (exact) mass is 334 g/mol. The van der Waals surface area contributed by atoms with Gasteiger partial charge in [0.15, 0.2) is 5.17 Å². The van der Waals surface area contributed by atoms with Crippen molar-refractivity contribution in [3.63, 3.8) is 0 Å². The Labute approximate surface area is 143 Å². The Morgan fingerprint density at radius 2 is 2.09 bits per heavy atom. The summed E-state index contributed by atoms with van der Waals surface area (Å²) in [5.41, 5.74) is 2.17. The molecule has 0 spiro atoms. The van der Waals surface area contributed by atoms with E-state index in [1.807, 2.05) is 25.1 Å². The van der Waals surface area contributed by atoms with E-state index in [9.17, 15) is 4.79 Å². The van der Waals surface area contributed by atoms with Gasteiger partial charge < -0.3 is 4.74 Å². The Balaban J connectivity index is 2.37. The van der Waals surface area contributed by atoms with Gasteiger partial charge in [-0.3, -0.25) is 4.90 Å². The number of amidine groups is 1. The molecule has 5 heteroatoms. The zero-order valence-corrected chi connectivity index (χ0v) is 15.4. The third-order valence-electron chi connectivity index (χ3n) is 3.67. The first-order valence-electron chi connectivity index (χ1n) is 8.09. The van der Waals surface area contributed by atoms with Crippen molar-refractivity contribution in [1.82, 2.24) is 4.90 Å². The van der Waals surface area contributed by atoms with Crippen LogP contribution in [0.5, 0.6) is 0 Å². The highest BCUT2D eigenvalue weighted by Gasteiger charge is 2.35. The lowest BCUT2D eigenvalue weighted by Crippen LogP contribution is -2.47. The van der Waals surface area contributed by atoms with E-state index >= 15 is 0 Å². The minimum Gasteiger partial charge on any atom is -0.449 e. The van der Waals surface area contributed by atoms with Crippen molar-refractivity contribution in [2.45, 2.75) is 40.5 Å². The van der Waals surface area contributed by atoms with Crippen molar-refractivity contribution in [3.8, 4) is 0 Å². The van der Waals surface area contributed by atoms with Gasteiger partial charge in [0.2, 0.25) is 0 Å². The van der Waals surface area contributed by atoms with Gasteiger partial charge in [-0.05, 0) is 29.9 Å². The molecule has 1 aromatic rings. The van der Waals surface area contributed by atoms with Crippen LogP contribution in [0.1, 0.15) is 46.1 Å². The fraction of sp³-hybridized carbons (Fsp3) is 0.556. The smallest absolute Gasteiger partial charge is 0.415 e. The van der Waals surface area contributed by atoms with Crippen molar-refractivity contribution in [2.75, 3.05) is 18.9 Å². The molecule has 0 atom stereocenters. The van der Waals surface area contributed by atoms with Crippen LogP contribution in [0.15, 0.2) is 29.3 Å². The Morgan fingerprint density at radius 1 is 1.39 bits per heavy atom. The number of rotatable bonds is 3. The van der Waals surface area contributed by atoms with Gasteiger partial charge in [0.25, 0.3) is 0 Å². The Hall–Kier alpha value is -1.49.